The number of rotatable bonds is 4. The fourth-order valence-electron chi connectivity index (χ4n) is 4.48. The highest BCUT2D eigenvalue weighted by Gasteiger charge is 2.39. The van der Waals surface area contributed by atoms with E-state index in [1.54, 1.807) is 6.20 Å². The molecule has 3 atom stereocenters. The highest BCUT2D eigenvalue weighted by Crippen LogP contribution is 2.35. The molecular weight excluding hydrogens is 400 g/mol. The smallest absolute Gasteiger partial charge is 0.161 e. The Bertz CT molecular complexity index is 1180. The maximum atomic E-state index is 9.34. The van der Waals surface area contributed by atoms with Crippen molar-refractivity contribution >= 4 is 34.0 Å². The number of hydrogen-bond donors (Lipinski definition) is 1. The lowest BCUT2D eigenvalue weighted by Crippen LogP contribution is -2.37. The van der Waals surface area contributed by atoms with Crippen LogP contribution in [0.1, 0.15) is 36.1 Å². The first-order valence-corrected chi connectivity index (χ1v) is 10.4. The number of hydrogen-bond acceptors (Lipinski definition) is 7. The summed E-state index contributed by atoms with van der Waals surface area (Å²) in [5.41, 5.74) is 2.68. The molecule has 0 unspecified atom stereocenters. The van der Waals surface area contributed by atoms with E-state index in [9.17, 15) is 5.26 Å². The van der Waals surface area contributed by atoms with Gasteiger partial charge in [-0.3, -0.25) is 0 Å². The molecule has 0 spiro atoms. The van der Waals surface area contributed by atoms with Crippen LogP contribution in [0.3, 0.4) is 0 Å². The van der Waals surface area contributed by atoms with Crippen molar-refractivity contribution in [3.63, 3.8) is 0 Å². The molecule has 2 saturated heterocycles. The molecule has 5 rings (SSSR count). The number of nitrogens with one attached hydrogen (secondary N) is 1. The van der Waals surface area contributed by atoms with Crippen LogP contribution < -0.4 is 10.2 Å². The molecule has 0 aliphatic carbocycles. The highest BCUT2D eigenvalue weighted by molar-refractivity contribution is 6.34. The third kappa shape index (κ3) is 3.13. The Morgan fingerprint density at radius 1 is 1.33 bits per heavy atom. The molecule has 0 saturated carbocycles. The number of benzene rings is 1. The Kier molecular flexibility index (Phi) is 4.69. The zero-order valence-corrected chi connectivity index (χ0v) is 17.5. The van der Waals surface area contributed by atoms with Crippen molar-refractivity contribution in [2.75, 3.05) is 23.4 Å². The molecule has 4 heterocycles. The maximum Gasteiger partial charge on any atom is 0.161 e. The summed E-state index contributed by atoms with van der Waals surface area (Å²) in [6, 6.07) is 10.3. The first-order chi connectivity index (χ1) is 14.5. The Balaban J connectivity index is 1.52. The SMILES string of the molecule is Cc1c(C#N)cccc1[C@@H](C)Nc1nnc(Cl)c2cnc(N3C[C@H]4C[C@@H]3CO4)cc12. The molecule has 7 nitrogen and oxygen atoms in total. The second-order valence-corrected chi connectivity index (χ2v) is 8.28. The number of aromatic nitrogens is 3. The van der Waals surface area contributed by atoms with E-state index in [-0.39, 0.29) is 6.04 Å². The van der Waals surface area contributed by atoms with Gasteiger partial charge in [0, 0.05) is 23.5 Å². The van der Waals surface area contributed by atoms with E-state index in [4.69, 9.17) is 16.3 Å². The molecular formula is C22H21ClN6O. The summed E-state index contributed by atoms with van der Waals surface area (Å²) in [6.45, 7) is 5.61. The van der Waals surface area contributed by atoms with Gasteiger partial charge in [0.25, 0.3) is 0 Å². The minimum Gasteiger partial charge on any atom is -0.374 e. The number of anilines is 2. The van der Waals surface area contributed by atoms with Crippen LogP contribution in [0.5, 0.6) is 0 Å². The van der Waals surface area contributed by atoms with Gasteiger partial charge in [-0.05, 0) is 43.5 Å². The van der Waals surface area contributed by atoms with Crippen LogP contribution in [0.25, 0.3) is 10.8 Å². The number of halogens is 1. The van der Waals surface area contributed by atoms with Crippen molar-refractivity contribution in [3.8, 4) is 6.07 Å². The van der Waals surface area contributed by atoms with Gasteiger partial charge >= 0.3 is 0 Å². The van der Waals surface area contributed by atoms with E-state index in [1.807, 2.05) is 38.1 Å². The lowest BCUT2D eigenvalue weighted by Gasteiger charge is -2.28. The molecule has 30 heavy (non-hydrogen) atoms. The topological polar surface area (TPSA) is 87.0 Å². The van der Waals surface area contributed by atoms with Crippen LogP contribution in [0, 0.1) is 18.3 Å². The predicted molar refractivity (Wildman–Crippen MR) is 116 cm³/mol. The summed E-state index contributed by atoms with van der Waals surface area (Å²) in [4.78, 5) is 6.94. The summed E-state index contributed by atoms with van der Waals surface area (Å²) in [5, 5.41) is 23.2. The highest BCUT2D eigenvalue weighted by atomic mass is 35.5. The summed E-state index contributed by atoms with van der Waals surface area (Å²) >= 11 is 6.31. The lowest BCUT2D eigenvalue weighted by molar-refractivity contribution is 0.0989. The zero-order valence-electron chi connectivity index (χ0n) is 16.8. The number of ether oxygens (including phenoxy) is 1. The maximum absolute atomic E-state index is 9.34. The van der Waals surface area contributed by atoms with Crippen molar-refractivity contribution in [2.24, 2.45) is 0 Å². The molecule has 152 valence electrons. The molecule has 0 amide bonds. The molecule has 8 heteroatoms. The van der Waals surface area contributed by atoms with Crippen LogP contribution in [0.4, 0.5) is 11.6 Å². The average molecular weight is 421 g/mol. The molecule has 3 aromatic rings. The zero-order chi connectivity index (χ0) is 20.8. The van der Waals surface area contributed by atoms with Gasteiger partial charge in [-0.2, -0.15) is 5.26 Å². The molecule has 2 aliphatic heterocycles. The van der Waals surface area contributed by atoms with Crippen molar-refractivity contribution in [1.29, 1.82) is 5.26 Å². The Morgan fingerprint density at radius 2 is 2.20 bits per heavy atom. The molecule has 2 bridgehead atoms. The van der Waals surface area contributed by atoms with Crippen molar-refractivity contribution in [3.05, 3.63) is 52.3 Å². The Labute approximate surface area is 179 Å². The summed E-state index contributed by atoms with van der Waals surface area (Å²) in [7, 11) is 0. The van der Waals surface area contributed by atoms with Crippen LogP contribution in [0.15, 0.2) is 30.5 Å². The fraction of sp³-hybridized carbons (Fsp3) is 0.364. The number of fused-ring (bicyclic) bond motifs is 3. The van der Waals surface area contributed by atoms with Gasteiger partial charge < -0.3 is 15.0 Å². The van der Waals surface area contributed by atoms with E-state index in [0.29, 0.717) is 28.7 Å². The number of morpholine rings is 1. The van der Waals surface area contributed by atoms with Gasteiger partial charge in [-0.15, -0.1) is 10.2 Å². The standard InChI is InChI=1S/C22H21ClN6O/c1-12-14(8-24)4-3-5-17(12)13(2)26-22-18-7-20(25-9-19(18)21(23)27-28-22)29-10-16-6-15(29)11-30-16/h3-5,7,9,13,15-16H,6,10-11H2,1-2H3,(H,26,28)/t13-,15-,16-/m1/s1. The van der Waals surface area contributed by atoms with Gasteiger partial charge in [-0.1, -0.05) is 23.7 Å². The van der Waals surface area contributed by atoms with Crippen molar-refractivity contribution in [2.45, 2.75) is 38.5 Å². The van der Waals surface area contributed by atoms with E-state index in [1.165, 1.54) is 0 Å². The molecule has 2 aromatic heterocycles. The van der Waals surface area contributed by atoms with Gasteiger partial charge in [-0.25, -0.2) is 4.98 Å². The van der Waals surface area contributed by atoms with E-state index >= 15 is 0 Å². The first kappa shape index (κ1) is 19.0. The van der Waals surface area contributed by atoms with Gasteiger partial charge in [0.1, 0.15) is 5.82 Å². The van der Waals surface area contributed by atoms with Gasteiger partial charge in [0.05, 0.1) is 36.4 Å². The predicted octanol–water partition coefficient (Wildman–Crippen LogP) is 4.01. The fourth-order valence-corrected chi connectivity index (χ4v) is 4.67. The Morgan fingerprint density at radius 3 is 2.93 bits per heavy atom. The summed E-state index contributed by atoms with van der Waals surface area (Å²) in [5.74, 6) is 1.55. The molecule has 2 aliphatic rings. The van der Waals surface area contributed by atoms with Crippen LogP contribution >= 0.6 is 11.6 Å². The van der Waals surface area contributed by atoms with E-state index < -0.39 is 0 Å². The van der Waals surface area contributed by atoms with Crippen molar-refractivity contribution < 1.29 is 4.74 Å². The summed E-state index contributed by atoms with van der Waals surface area (Å²) in [6.07, 6.45) is 3.11. The Hall–Kier alpha value is -2.95. The van der Waals surface area contributed by atoms with E-state index in [2.05, 4.69) is 31.5 Å². The van der Waals surface area contributed by atoms with Crippen LogP contribution in [-0.4, -0.2) is 40.5 Å². The minimum absolute atomic E-state index is 0.0650. The normalized spacial score (nSPS) is 21.1. The molecule has 1 aromatic carbocycles. The first-order valence-electron chi connectivity index (χ1n) is 10.0. The van der Waals surface area contributed by atoms with Crippen molar-refractivity contribution in [1.82, 2.24) is 15.2 Å². The minimum atomic E-state index is -0.0650. The molecule has 1 N–H and O–H groups in total. The second kappa shape index (κ2) is 7.38. The average Bonchev–Trinajstić information content (AvgIpc) is 3.39. The molecule has 0 radical (unpaired) electrons. The number of nitriles is 1. The third-order valence-electron chi connectivity index (χ3n) is 6.12. The number of nitrogens with zero attached hydrogens (tertiary/aromatic N) is 5. The van der Waals surface area contributed by atoms with Crippen LogP contribution in [0.2, 0.25) is 5.15 Å². The lowest BCUT2D eigenvalue weighted by atomic mass is 9.98. The largest absolute Gasteiger partial charge is 0.374 e. The third-order valence-corrected chi connectivity index (χ3v) is 6.39. The second-order valence-electron chi connectivity index (χ2n) is 7.92. The quantitative estimate of drug-likeness (QED) is 0.682. The van der Waals surface area contributed by atoms with Gasteiger partial charge in [0.2, 0.25) is 0 Å². The summed E-state index contributed by atoms with van der Waals surface area (Å²) < 4.78 is 5.72. The van der Waals surface area contributed by atoms with Crippen LogP contribution in [-0.2, 0) is 4.74 Å². The van der Waals surface area contributed by atoms with E-state index in [0.717, 1.165) is 47.3 Å². The van der Waals surface area contributed by atoms with Gasteiger partial charge in [0.15, 0.2) is 11.0 Å². The molecule has 2 fully saturated rings. The monoisotopic (exact) mass is 420 g/mol. The number of pyridine rings is 1.